The van der Waals surface area contributed by atoms with Crippen molar-refractivity contribution in [2.45, 2.75) is 28.5 Å². The van der Waals surface area contributed by atoms with Crippen LogP contribution < -0.4 is 9.80 Å². The lowest BCUT2D eigenvalue weighted by atomic mass is 9.56. The van der Waals surface area contributed by atoms with E-state index in [2.05, 4.69) is 0 Å². The summed E-state index contributed by atoms with van der Waals surface area (Å²) in [5.74, 6) is -7.92. The SMILES string of the molecule is O=C1C2CC=C3C(CC4(Cl)C(=O)N(c5ccc(F)cc5)C(=O)C4(Cl)C3c3cc(Cl)ccc3O)C2C(=O)N1c1ccc([N+](=O)[O-])cc1. The zero-order chi connectivity index (χ0) is 32.9. The lowest BCUT2D eigenvalue weighted by molar-refractivity contribution is -0.384. The molecule has 6 unspecified atom stereocenters. The van der Waals surface area contributed by atoms with E-state index < -0.39 is 67.8 Å². The number of non-ortho nitro benzene ring substituents is 1. The van der Waals surface area contributed by atoms with Crippen molar-refractivity contribution in [3.8, 4) is 5.75 Å². The summed E-state index contributed by atoms with van der Waals surface area (Å²) < 4.78 is 13.8. The Morgan fingerprint density at radius 2 is 1.50 bits per heavy atom. The lowest BCUT2D eigenvalue weighted by Crippen LogP contribution is -2.60. The fourth-order valence-corrected chi connectivity index (χ4v) is 8.59. The van der Waals surface area contributed by atoms with E-state index in [1.54, 1.807) is 6.08 Å². The third-order valence-electron chi connectivity index (χ3n) is 9.52. The lowest BCUT2D eigenvalue weighted by Gasteiger charge is -2.50. The number of nitro groups is 1. The van der Waals surface area contributed by atoms with Crippen LogP contribution in [0.25, 0.3) is 0 Å². The number of amides is 4. The summed E-state index contributed by atoms with van der Waals surface area (Å²) in [7, 11) is 0. The summed E-state index contributed by atoms with van der Waals surface area (Å²) in [6.07, 6.45) is 1.44. The Balaban J connectivity index is 1.38. The van der Waals surface area contributed by atoms with Crippen molar-refractivity contribution in [3.05, 3.63) is 105 Å². The maximum Gasteiger partial charge on any atom is 0.269 e. The van der Waals surface area contributed by atoms with Crippen LogP contribution in [0.2, 0.25) is 5.02 Å². The van der Waals surface area contributed by atoms with Gasteiger partial charge < -0.3 is 5.11 Å². The highest BCUT2D eigenvalue weighted by Gasteiger charge is 2.77. The molecule has 46 heavy (non-hydrogen) atoms. The van der Waals surface area contributed by atoms with Crippen LogP contribution in [0.4, 0.5) is 21.5 Å². The van der Waals surface area contributed by atoms with Gasteiger partial charge in [-0.3, -0.25) is 34.2 Å². The molecule has 0 radical (unpaired) electrons. The molecule has 3 aromatic carbocycles. The topological polar surface area (TPSA) is 138 Å². The fourth-order valence-electron chi connectivity index (χ4n) is 7.48. The van der Waals surface area contributed by atoms with E-state index in [0.717, 1.165) is 21.9 Å². The summed E-state index contributed by atoms with van der Waals surface area (Å²) >= 11 is 20.9. The number of allylic oxidation sites excluding steroid dienone is 2. The molecule has 10 nitrogen and oxygen atoms in total. The van der Waals surface area contributed by atoms with Gasteiger partial charge in [0.15, 0.2) is 9.75 Å². The van der Waals surface area contributed by atoms with E-state index in [-0.39, 0.29) is 46.2 Å². The Morgan fingerprint density at radius 3 is 2.15 bits per heavy atom. The molecule has 2 aliphatic heterocycles. The van der Waals surface area contributed by atoms with Crippen molar-refractivity contribution < 1.29 is 33.6 Å². The summed E-state index contributed by atoms with van der Waals surface area (Å²) in [5, 5.41) is 22.4. The Bertz CT molecular complexity index is 1920. The fraction of sp³-hybridized carbons (Fsp3) is 0.250. The molecule has 3 aromatic rings. The standard InChI is InChI=1S/C32H21Cl3FN3O7/c33-15-1-12-24(40)22(13-15)26-20-10-11-21-25(28(42)37(27(21)41)17-6-8-19(9-7-17)39(45)46)23(20)14-31(34)29(43)38(30(44)32(26,31)35)18-4-2-16(36)3-5-18/h1-10,12-13,21,23,25-26,40H,11,14H2. The minimum atomic E-state index is -2.24. The number of hydrogen-bond acceptors (Lipinski definition) is 7. The first-order chi connectivity index (χ1) is 21.8. The predicted molar refractivity (Wildman–Crippen MR) is 165 cm³/mol. The highest BCUT2D eigenvalue weighted by Crippen LogP contribution is 2.66. The number of fused-ring (bicyclic) bond motifs is 4. The zero-order valence-corrected chi connectivity index (χ0v) is 25.7. The molecule has 0 bridgehead atoms. The number of aromatic hydroxyl groups is 1. The van der Waals surface area contributed by atoms with Crippen molar-refractivity contribution in [1.82, 2.24) is 0 Å². The first kappa shape index (κ1) is 30.3. The number of halogens is 4. The van der Waals surface area contributed by atoms with Gasteiger partial charge in [-0.1, -0.05) is 23.3 Å². The van der Waals surface area contributed by atoms with Crippen LogP contribution in [0.1, 0.15) is 24.3 Å². The molecule has 14 heteroatoms. The number of phenols is 1. The number of anilines is 2. The number of hydrogen-bond donors (Lipinski definition) is 1. The molecule has 1 N–H and O–H groups in total. The number of benzene rings is 3. The van der Waals surface area contributed by atoms with Gasteiger partial charge in [-0.25, -0.2) is 9.29 Å². The molecule has 2 saturated heterocycles. The summed E-state index contributed by atoms with van der Waals surface area (Å²) in [6, 6.07) is 13.7. The predicted octanol–water partition coefficient (Wildman–Crippen LogP) is 5.86. The van der Waals surface area contributed by atoms with E-state index >= 15 is 0 Å². The molecule has 3 fully saturated rings. The molecule has 234 valence electrons. The monoisotopic (exact) mass is 683 g/mol. The average molecular weight is 685 g/mol. The van der Waals surface area contributed by atoms with E-state index in [0.29, 0.717) is 5.57 Å². The first-order valence-corrected chi connectivity index (χ1v) is 15.3. The van der Waals surface area contributed by atoms with Crippen molar-refractivity contribution >= 4 is 75.5 Å². The van der Waals surface area contributed by atoms with Gasteiger partial charge in [-0.05, 0) is 73.4 Å². The van der Waals surface area contributed by atoms with Crippen LogP contribution in [-0.2, 0) is 19.2 Å². The highest BCUT2D eigenvalue weighted by molar-refractivity contribution is 6.58. The Kier molecular flexibility index (Phi) is 6.82. The second-order valence-electron chi connectivity index (χ2n) is 11.7. The van der Waals surface area contributed by atoms with E-state index in [4.69, 9.17) is 34.8 Å². The molecule has 6 atom stereocenters. The third kappa shape index (κ3) is 4.01. The smallest absolute Gasteiger partial charge is 0.269 e. The van der Waals surface area contributed by atoms with Gasteiger partial charge in [0.05, 0.1) is 28.1 Å². The van der Waals surface area contributed by atoms with Crippen LogP contribution in [-0.4, -0.2) is 43.4 Å². The quantitative estimate of drug-likeness (QED) is 0.119. The van der Waals surface area contributed by atoms with Crippen LogP contribution in [0.5, 0.6) is 5.75 Å². The second-order valence-corrected chi connectivity index (χ2v) is 13.4. The second kappa shape index (κ2) is 10.3. The van der Waals surface area contributed by atoms with Gasteiger partial charge in [0.25, 0.3) is 17.5 Å². The van der Waals surface area contributed by atoms with Crippen LogP contribution in [0.3, 0.4) is 0 Å². The molecular weight excluding hydrogens is 664 g/mol. The van der Waals surface area contributed by atoms with Crippen LogP contribution in [0.15, 0.2) is 78.4 Å². The van der Waals surface area contributed by atoms with Gasteiger partial charge >= 0.3 is 0 Å². The van der Waals surface area contributed by atoms with E-state index in [1.807, 2.05) is 0 Å². The third-order valence-corrected chi connectivity index (χ3v) is 11.2. The first-order valence-electron chi connectivity index (χ1n) is 14.1. The molecule has 4 aliphatic rings. The number of alkyl halides is 2. The minimum Gasteiger partial charge on any atom is -0.508 e. The van der Waals surface area contributed by atoms with Gasteiger partial charge in [0, 0.05) is 28.6 Å². The number of imide groups is 2. The number of nitrogens with zero attached hydrogens (tertiary/aromatic N) is 3. The number of rotatable bonds is 4. The molecule has 0 spiro atoms. The number of carbonyl (C=O) groups is 4. The van der Waals surface area contributed by atoms with E-state index in [9.17, 15) is 38.8 Å². The highest BCUT2D eigenvalue weighted by atomic mass is 35.5. The van der Waals surface area contributed by atoms with Gasteiger partial charge in [0.2, 0.25) is 11.8 Å². The molecule has 1 saturated carbocycles. The molecule has 2 aliphatic carbocycles. The van der Waals surface area contributed by atoms with Crippen molar-refractivity contribution in [3.63, 3.8) is 0 Å². The van der Waals surface area contributed by atoms with Crippen LogP contribution >= 0.6 is 34.8 Å². The molecule has 0 aromatic heterocycles. The minimum absolute atomic E-state index is 0.0196. The number of carbonyl (C=O) groups excluding carboxylic acids is 4. The maximum absolute atomic E-state index is 14.3. The summed E-state index contributed by atoms with van der Waals surface area (Å²) in [6.45, 7) is 0. The molecule has 2 heterocycles. The summed E-state index contributed by atoms with van der Waals surface area (Å²) in [4.78, 5) is 64.3. The number of nitro benzene ring substituents is 1. The van der Waals surface area contributed by atoms with Crippen molar-refractivity contribution in [2.75, 3.05) is 9.80 Å². The Morgan fingerprint density at radius 1 is 0.870 bits per heavy atom. The van der Waals surface area contributed by atoms with E-state index in [1.165, 1.54) is 54.6 Å². The van der Waals surface area contributed by atoms with Gasteiger partial charge in [-0.15, -0.1) is 23.2 Å². The van der Waals surface area contributed by atoms with Crippen molar-refractivity contribution in [1.29, 1.82) is 0 Å². The zero-order valence-electron chi connectivity index (χ0n) is 23.4. The Hall–Kier alpha value is -4.32. The molecule has 7 rings (SSSR count). The maximum atomic E-state index is 14.3. The Labute approximate surface area is 275 Å². The summed E-state index contributed by atoms with van der Waals surface area (Å²) in [5.41, 5.74) is 0.453. The van der Waals surface area contributed by atoms with Crippen LogP contribution in [0, 0.1) is 33.7 Å². The number of phenolic OH excluding ortho intramolecular Hbond substituents is 1. The van der Waals surface area contributed by atoms with Gasteiger partial charge in [-0.2, -0.15) is 0 Å². The molecular formula is C32H21Cl3FN3O7. The largest absolute Gasteiger partial charge is 0.508 e. The average Bonchev–Trinajstić information content (AvgIpc) is 3.37. The molecule has 4 amide bonds. The van der Waals surface area contributed by atoms with Crippen molar-refractivity contribution in [2.24, 2.45) is 17.8 Å². The normalized spacial score (nSPS) is 30.2. The van der Waals surface area contributed by atoms with Gasteiger partial charge in [0.1, 0.15) is 11.6 Å².